The number of hydrazone groups is 1. The maximum Gasteiger partial charge on any atom is 0.252 e. The normalized spacial score (nSPS) is 11.7. The zero-order valence-electron chi connectivity index (χ0n) is 13.9. The Morgan fingerprint density at radius 1 is 1.12 bits per heavy atom. The van der Waals surface area contributed by atoms with E-state index in [0.29, 0.717) is 17.2 Å². The van der Waals surface area contributed by atoms with Gasteiger partial charge in [0.05, 0.1) is 5.69 Å². The van der Waals surface area contributed by atoms with Gasteiger partial charge in [-0.05, 0) is 31.2 Å². The highest BCUT2D eigenvalue weighted by atomic mass is 16.3. The number of phenolic OH excluding ortho intramolecular Hbond substituents is 1. The minimum Gasteiger partial charge on any atom is -0.508 e. The van der Waals surface area contributed by atoms with E-state index in [2.05, 4.69) is 30.7 Å². The molecule has 0 saturated heterocycles. The van der Waals surface area contributed by atoms with E-state index in [4.69, 9.17) is 0 Å². The predicted octanol–water partition coefficient (Wildman–Crippen LogP) is 3.34. The molecule has 0 atom stereocenters. The number of nitrogens with zero attached hydrogens (tertiary/aromatic N) is 4. The van der Waals surface area contributed by atoms with Gasteiger partial charge < -0.3 is 5.11 Å². The molecule has 0 aliphatic carbocycles. The molecule has 8 heteroatoms. The zero-order chi connectivity index (χ0) is 18.4. The summed E-state index contributed by atoms with van der Waals surface area (Å²) in [5.74, 6) is 0.572. The molecular weight excluding hydrogens is 332 g/mol. The van der Waals surface area contributed by atoms with Crippen LogP contribution in [0.5, 0.6) is 5.75 Å². The van der Waals surface area contributed by atoms with Crippen molar-refractivity contribution in [2.24, 2.45) is 15.3 Å². The zero-order valence-corrected chi connectivity index (χ0v) is 13.9. The van der Waals surface area contributed by atoms with Gasteiger partial charge in [-0.25, -0.2) is 4.98 Å². The van der Waals surface area contributed by atoms with Gasteiger partial charge in [0.1, 0.15) is 5.75 Å². The lowest BCUT2D eigenvalue weighted by Gasteiger charge is -2.03. The van der Waals surface area contributed by atoms with Crippen molar-refractivity contribution in [1.82, 2.24) is 9.97 Å². The third-order valence-corrected chi connectivity index (χ3v) is 3.29. The van der Waals surface area contributed by atoms with Crippen molar-refractivity contribution in [2.45, 2.75) is 6.92 Å². The molecule has 0 saturated carbocycles. The summed E-state index contributed by atoms with van der Waals surface area (Å²) in [6.07, 6.45) is 0. The Hall–Kier alpha value is -3.81. The molecule has 8 nitrogen and oxygen atoms in total. The van der Waals surface area contributed by atoms with Crippen molar-refractivity contribution in [3.63, 3.8) is 0 Å². The summed E-state index contributed by atoms with van der Waals surface area (Å²) in [7, 11) is 0. The molecule has 2 aromatic carbocycles. The van der Waals surface area contributed by atoms with Gasteiger partial charge in [-0.15, -0.1) is 10.2 Å². The molecule has 1 aromatic heterocycles. The summed E-state index contributed by atoms with van der Waals surface area (Å²) in [6, 6.07) is 17.1. The average molecular weight is 348 g/mol. The number of hydrogen-bond donors (Lipinski definition) is 3. The minimum atomic E-state index is -0.299. The monoisotopic (exact) mass is 348 g/mol. The van der Waals surface area contributed by atoms with Crippen LogP contribution in [-0.4, -0.2) is 20.9 Å². The predicted molar refractivity (Wildman–Crippen MR) is 98.8 cm³/mol. The number of nitrogens with one attached hydrogen (secondary N) is 2. The van der Waals surface area contributed by atoms with Crippen molar-refractivity contribution < 1.29 is 5.11 Å². The maximum absolute atomic E-state index is 11.5. The fraction of sp³-hybridized carbons (Fsp3) is 0.0556. The molecule has 0 amide bonds. The number of aromatic hydroxyl groups is 1. The van der Waals surface area contributed by atoms with E-state index in [1.165, 1.54) is 6.07 Å². The number of aromatic amines is 1. The van der Waals surface area contributed by atoms with E-state index >= 15 is 0 Å². The molecule has 0 fully saturated rings. The van der Waals surface area contributed by atoms with E-state index in [-0.39, 0.29) is 17.3 Å². The van der Waals surface area contributed by atoms with Gasteiger partial charge in [0.2, 0.25) is 11.8 Å². The van der Waals surface area contributed by atoms with Gasteiger partial charge in [-0.1, -0.05) is 30.3 Å². The number of aromatic nitrogens is 2. The first-order valence-electron chi connectivity index (χ1n) is 7.78. The van der Waals surface area contributed by atoms with E-state index in [9.17, 15) is 9.90 Å². The van der Waals surface area contributed by atoms with E-state index in [1.807, 2.05) is 30.3 Å². The Kier molecular flexibility index (Phi) is 5.14. The van der Waals surface area contributed by atoms with Crippen LogP contribution in [0, 0.1) is 6.92 Å². The summed E-state index contributed by atoms with van der Waals surface area (Å²) in [5.41, 5.74) is 4.51. The van der Waals surface area contributed by atoms with E-state index in [1.54, 1.807) is 31.2 Å². The van der Waals surface area contributed by atoms with Gasteiger partial charge in [0, 0.05) is 17.3 Å². The van der Waals surface area contributed by atoms with Crippen molar-refractivity contribution in [1.29, 1.82) is 0 Å². The van der Waals surface area contributed by atoms with Crippen molar-refractivity contribution >= 4 is 17.5 Å². The number of H-pyrrole nitrogens is 1. The highest BCUT2D eigenvalue weighted by molar-refractivity contribution is 5.99. The lowest BCUT2D eigenvalue weighted by Crippen LogP contribution is -2.06. The maximum atomic E-state index is 11.5. The topological polar surface area (TPSA) is 115 Å². The Morgan fingerprint density at radius 2 is 1.85 bits per heavy atom. The molecule has 3 N–H and O–H groups in total. The number of anilines is 1. The lowest BCUT2D eigenvalue weighted by atomic mass is 10.2. The molecule has 0 aliphatic rings. The molecule has 0 spiro atoms. The first kappa shape index (κ1) is 17.0. The van der Waals surface area contributed by atoms with E-state index < -0.39 is 0 Å². The molecule has 3 aromatic rings. The highest BCUT2D eigenvalue weighted by Gasteiger charge is 2.03. The van der Waals surface area contributed by atoms with Gasteiger partial charge in [-0.2, -0.15) is 5.10 Å². The second-order valence-electron chi connectivity index (χ2n) is 5.37. The number of benzene rings is 2. The highest BCUT2D eigenvalue weighted by Crippen LogP contribution is 2.14. The van der Waals surface area contributed by atoms with Crippen molar-refractivity contribution in [3.8, 4) is 5.75 Å². The van der Waals surface area contributed by atoms with Crippen LogP contribution >= 0.6 is 0 Å². The van der Waals surface area contributed by atoms with Gasteiger partial charge >= 0.3 is 0 Å². The van der Waals surface area contributed by atoms with Gasteiger partial charge in [-0.3, -0.25) is 15.2 Å². The number of azo groups is 1. The number of phenols is 1. The second kappa shape index (κ2) is 7.84. The van der Waals surface area contributed by atoms with Crippen LogP contribution in [0.2, 0.25) is 0 Å². The van der Waals surface area contributed by atoms with Crippen LogP contribution in [0.3, 0.4) is 0 Å². The standard InChI is InChI=1S/C18H16N6O2/c1-12-11-16(26)20-18(19-12)24-23-17(13-5-3-2-4-6-13)22-21-14-7-9-15(25)10-8-14/h2-11,21,25H,1H3,(H,19,20,26)/b22-17+,24-23?. The largest absolute Gasteiger partial charge is 0.508 e. The summed E-state index contributed by atoms with van der Waals surface area (Å²) < 4.78 is 0. The molecule has 3 rings (SSSR count). The quantitative estimate of drug-likeness (QED) is 0.220. The Balaban J connectivity index is 1.90. The third kappa shape index (κ3) is 4.60. The van der Waals surface area contributed by atoms with Crippen molar-refractivity contribution in [3.05, 3.63) is 82.3 Å². The van der Waals surface area contributed by atoms with E-state index in [0.717, 1.165) is 5.56 Å². The first-order chi connectivity index (χ1) is 12.6. The lowest BCUT2D eigenvalue weighted by molar-refractivity contribution is 0.475. The Bertz CT molecular complexity index is 994. The molecule has 26 heavy (non-hydrogen) atoms. The molecule has 0 unspecified atom stereocenters. The summed E-state index contributed by atoms with van der Waals surface area (Å²) >= 11 is 0. The summed E-state index contributed by atoms with van der Waals surface area (Å²) in [4.78, 5) is 18.1. The van der Waals surface area contributed by atoms with Crippen LogP contribution in [0.15, 0.2) is 80.8 Å². The molecule has 0 bridgehead atoms. The second-order valence-corrected chi connectivity index (χ2v) is 5.37. The molecule has 0 radical (unpaired) electrons. The fourth-order valence-corrected chi connectivity index (χ4v) is 2.09. The van der Waals surface area contributed by atoms with Crippen LogP contribution in [-0.2, 0) is 0 Å². The molecule has 0 aliphatic heterocycles. The smallest absolute Gasteiger partial charge is 0.252 e. The Morgan fingerprint density at radius 3 is 2.54 bits per heavy atom. The van der Waals surface area contributed by atoms with Crippen LogP contribution < -0.4 is 11.0 Å². The van der Waals surface area contributed by atoms with Gasteiger partial charge in [0.15, 0.2) is 0 Å². The minimum absolute atomic E-state index is 0.100. The van der Waals surface area contributed by atoms with Crippen LogP contribution in [0.4, 0.5) is 11.6 Å². The molecular formula is C18H16N6O2. The van der Waals surface area contributed by atoms with Crippen LogP contribution in [0.25, 0.3) is 0 Å². The molecule has 130 valence electrons. The van der Waals surface area contributed by atoms with Gasteiger partial charge in [0.25, 0.3) is 5.56 Å². The fourth-order valence-electron chi connectivity index (χ4n) is 2.09. The first-order valence-corrected chi connectivity index (χ1v) is 7.78. The number of aryl methyl sites for hydroxylation is 1. The SMILES string of the molecule is Cc1cc(=O)[nH]c(N=N/C(=N/Nc2ccc(O)cc2)c2ccccc2)n1. The summed E-state index contributed by atoms with van der Waals surface area (Å²) in [6.45, 7) is 1.70. The average Bonchev–Trinajstić information content (AvgIpc) is 2.63. The summed E-state index contributed by atoms with van der Waals surface area (Å²) in [5, 5.41) is 21.7. The number of hydrogen-bond acceptors (Lipinski definition) is 6. The van der Waals surface area contributed by atoms with Crippen LogP contribution in [0.1, 0.15) is 11.3 Å². The number of rotatable bonds is 4. The molecule has 1 heterocycles. The Labute approximate surface area is 149 Å². The van der Waals surface area contributed by atoms with Crippen molar-refractivity contribution in [2.75, 3.05) is 5.43 Å². The third-order valence-electron chi connectivity index (χ3n) is 3.29. The number of amidine groups is 1.